The molecule has 142 valence electrons. The summed E-state index contributed by atoms with van der Waals surface area (Å²) in [5, 5.41) is 5.30. The Morgan fingerprint density at radius 3 is 2.70 bits per heavy atom. The first-order chi connectivity index (χ1) is 12.7. The number of aryl methyl sites for hydroxylation is 1. The molecule has 0 aliphatic carbocycles. The Hall–Kier alpha value is -2.83. The number of halogens is 3. The van der Waals surface area contributed by atoms with Gasteiger partial charge in [-0.1, -0.05) is 24.3 Å². The molecule has 1 aliphatic rings. The van der Waals surface area contributed by atoms with Crippen molar-refractivity contribution in [1.82, 2.24) is 0 Å². The Morgan fingerprint density at radius 1 is 1.22 bits per heavy atom. The number of nitrogens with one attached hydrogen (secondary N) is 2. The van der Waals surface area contributed by atoms with E-state index >= 15 is 0 Å². The molecule has 0 spiro atoms. The van der Waals surface area contributed by atoms with Gasteiger partial charge in [0, 0.05) is 23.7 Å². The minimum Gasteiger partial charge on any atom is -0.326 e. The van der Waals surface area contributed by atoms with Crippen LogP contribution in [0.3, 0.4) is 0 Å². The zero-order valence-corrected chi connectivity index (χ0v) is 14.7. The summed E-state index contributed by atoms with van der Waals surface area (Å²) in [6, 6.07) is 11.2. The van der Waals surface area contributed by atoms with Gasteiger partial charge in [-0.05, 0) is 49.1 Å². The number of alkyl halides is 3. The predicted molar refractivity (Wildman–Crippen MR) is 96.3 cm³/mol. The second kappa shape index (κ2) is 7.42. The van der Waals surface area contributed by atoms with Crippen molar-refractivity contribution in [2.75, 3.05) is 10.6 Å². The van der Waals surface area contributed by atoms with Crippen LogP contribution < -0.4 is 10.6 Å². The van der Waals surface area contributed by atoms with Gasteiger partial charge >= 0.3 is 6.18 Å². The van der Waals surface area contributed by atoms with Gasteiger partial charge in [0.2, 0.25) is 11.8 Å². The van der Waals surface area contributed by atoms with Crippen molar-refractivity contribution in [2.24, 2.45) is 5.92 Å². The van der Waals surface area contributed by atoms with E-state index in [4.69, 9.17) is 0 Å². The third-order valence-corrected chi connectivity index (χ3v) is 4.66. The molecule has 2 aromatic rings. The van der Waals surface area contributed by atoms with Crippen molar-refractivity contribution in [3.05, 3.63) is 59.2 Å². The van der Waals surface area contributed by atoms with Crippen LogP contribution in [0.2, 0.25) is 0 Å². The van der Waals surface area contributed by atoms with E-state index < -0.39 is 17.6 Å². The van der Waals surface area contributed by atoms with Gasteiger partial charge in [-0.3, -0.25) is 9.59 Å². The van der Waals surface area contributed by atoms with Crippen LogP contribution in [0, 0.1) is 12.8 Å². The maximum atomic E-state index is 13.0. The molecule has 1 unspecified atom stereocenters. The fourth-order valence-corrected chi connectivity index (χ4v) is 3.18. The molecule has 0 aromatic heterocycles. The van der Waals surface area contributed by atoms with Gasteiger partial charge in [-0.15, -0.1) is 0 Å². The molecule has 7 heteroatoms. The highest BCUT2D eigenvalue weighted by atomic mass is 19.4. The molecule has 0 fully saturated rings. The van der Waals surface area contributed by atoms with E-state index in [2.05, 4.69) is 10.6 Å². The molecule has 2 amide bonds. The lowest BCUT2D eigenvalue weighted by atomic mass is 9.89. The molecule has 2 aromatic carbocycles. The van der Waals surface area contributed by atoms with E-state index in [9.17, 15) is 22.8 Å². The smallest absolute Gasteiger partial charge is 0.326 e. The van der Waals surface area contributed by atoms with Crippen LogP contribution in [-0.2, 0) is 22.2 Å². The lowest BCUT2D eigenvalue weighted by molar-refractivity contribution is -0.138. The molecule has 27 heavy (non-hydrogen) atoms. The first-order valence-corrected chi connectivity index (χ1v) is 8.60. The topological polar surface area (TPSA) is 58.2 Å². The van der Waals surface area contributed by atoms with E-state index in [1.165, 1.54) is 19.1 Å². The number of hydrogen-bond donors (Lipinski definition) is 2. The second-order valence-electron chi connectivity index (χ2n) is 6.66. The van der Waals surface area contributed by atoms with Crippen molar-refractivity contribution in [3.8, 4) is 0 Å². The number of rotatable bonds is 4. The molecule has 0 radical (unpaired) electrons. The second-order valence-corrected chi connectivity index (χ2v) is 6.66. The molecule has 0 saturated heterocycles. The molecule has 4 nitrogen and oxygen atoms in total. The molecule has 0 bridgehead atoms. The van der Waals surface area contributed by atoms with E-state index in [0.29, 0.717) is 12.8 Å². The van der Waals surface area contributed by atoms with Crippen LogP contribution in [0.15, 0.2) is 42.5 Å². The standard InChI is InChI=1S/C20H19F3N2O2/c1-12-6-8-15(11-16(12)20(21,22)23)24-18(26)9-7-14-10-13-4-2-3-5-17(13)25-19(14)27/h2-6,8,11,14H,7,9-10H2,1H3,(H,24,26)(H,25,27). The highest BCUT2D eigenvalue weighted by Crippen LogP contribution is 2.33. The molecule has 1 heterocycles. The zero-order chi connectivity index (χ0) is 19.6. The number of benzene rings is 2. The van der Waals surface area contributed by atoms with Gasteiger partial charge in [0.25, 0.3) is 0 Å². The Balaban J connectivity index is 1.60. The van der Waals surface area contributed by atoms with Crippen LogP contribution in [0.1, 0.15) is 29.5 Å². The number of hydrogen-bond acceptors (Lipinski definition) is 2. The summed E-state index contributed by atoms with van der Waals surface area (Å²) in [5.41, 5.74) is 1.20. The third kappa shape index (κ3) is 4.48. The summed E-state index contributed by atoms with van der Waals surface area (Å²) in [6.07, 6.45) is -3.56. The number of carbonyl (C=O) groups excluding carboxylic acids is 2. The summed E-state index contributed by atoms with van der Waals surface area (Å²) in [6.45, 7) is 1.37. The van der Waals surface area contributed by atoms with Crippen molar-refractivity contribution >= 4 is 23.2 Å². The maximum absolute atomic E-state index is 13.0. The number of amides is 2. The van der Waals surface area contributed by atoms with Gasteiger partial charge in [0.1, 0.15) is 0 Å². The van der Waals surface area contributed by atoms with E-state index in [0.717, 1.165) is 17.3 Å². The van der Waals surface area contributed by atoms with Crippen molar-refractivity contribution < 1.29 is 22.8 Å². The minimum absolute atomic E-state index is 0.0511. The molecule has 1 atom stereocenters. The number of carbonyl (C=O) groups is 2. The van der Waals surface area contributed by atoms with Crippen LogP contribution >= 0.6 is 0 Å². The molecule has 3 rings (SSSR count). The molecule has 2 N–H and O–H groups in total. The third-order valence-electron chi connectivity index (χ3n) is 4.66. The minimum atomic E-state index is -4.47. The Bertz CT molecular complexity index is 878. The van der Waals surface area contributed by atoms with Crippen LogP contribution in [0.4, 0.5) is 24.5 Å². The van der Waals surface area contributed by atoms with Crippen LogP contribution in [-0.4, -0.2) is 11.8 Å². The van der Waals surface area contributed by atoms with Gasteiger partial charge in [-0.25, -0.2) is 0 Å². The first kappa shape index (κ1) is 18.9. The van der Waals surface area contributed by atoms with E-state index in [1.807, 2.05) is 24.3 Å². The van der Waals surface area contributed by atoms with Crippen molar-refractivity contribution in [1.29, 1.82) is 0 Å². The molecular weight excluding hydrogens is 357 g/mol. The lowest BCUT2D eigenvalue weighted by Crippen LogP contribution is -2.30. The monoisotopic (exact) mass is 376 g/mol. The Morgan fingerprint density at radius 2 is 1.96 bits per heavy atom. The largest absolute Gasteiger partial charge is 0.416 e. The number of anilines is 2. The van der Waals surface area contributed by atoms with Gasteiger partial charge < -0.3 is 10.6 Å². The summed E-state index contributed by atoms with van der Waals surface area (Å²) in [4.78, 5) is 24.3. The summed E-state index contributed by atoms with van der Waals surface area (Å²) in [7, 11) is 0. The van der Waals surface area contributed by atoms with E-state index in [-0.39, 0.29) is 29.5 Å². The molecular formula is C20H19F3N2O2. The van der Waals surface area contributed by atoms with Crippen LogP contribution in [0.25, 0.3) is 0 Å². The van der Waals surface area contributed by atoms with E-state index in [1.54, 1.807) is 0 Å². The SMILES string of the molecule is Cc1ccc(NC(=O)CCC2Cc3ccccc3NC2=O)cc1C(F)(F)F. The quantitative estimate of drug-likeness (QED) is 0.823. The normalized spacial score (nSPS) is 16.4. The Kier molecular flexibility index (Phi) is 5.21. The average molecular weight is 376 g/mol. The number of para-hydroxylation sites is 1. The highest BCUT2D eigenvalue weighted by molar-refractivity contribution is 5.96. The summed E-state index contributed by atoms with van der Waals surface area (Å²) < 4.78 is 38.9. The summed E-state index contributed by atoms with van der Waals surface area (Å²) >= 11 is 0. The van der Waals surface area contributed by atoms with Gasteiger partial charge in [0.15, 0.2) is 0 Å². The van der Waals surface area contributed by atoms with Gasteiger partial charge in [0.05, 0.1) is 5.56 Å². The molecule has 0 saturated carbocycles. The lowest BCUT2D eigenvalue weighted by Gasteiger charge is -2.24. The first-order valence-electron chi connectivity index (χ1n) is 8.60. The summed E-state index contributed by atoms with van der Waals surface area (Å²) in [5.74, 6) is -0.899. The Labute approximate surface area is 154 Å². The average Bonchev–Trinajstić information content (AvgIpc) is 2.60. The van der Waals surface area contributed by atoms with Crippen molar-refractivity contribution in [3.63, 3.8) is 0 Å². The maximum Gasteiger partial charge on any atom is 0.416 e. The number of fused-ring (bicyclic) bond motifs is 1. The fraction of sp³-hybridized carbons (Fsp3) is 0.300. The fourth-order valence-electron chi connectivity index (χ4n) is 3.18. The van der Waals surface area contributed by atoms with Crippen LogP contribution in [0.5, 0.6) is 0 Å². The zero-order valence-electron chi connectivity index (χ0n) is 14.7. The van der Waals surface area contributed by atoms with Crippen molar-refractivity contribution in [2.45, 2.75) is 32.4 Å². The molecule has 1 aliphatic heterocycles. The highest BCUT2D eigenvalue weighted by Gasteiger charge is 2.32. The predicted octanol–water partition coefficient (Wildman–Crippen LogP) is 4.54. The van der Waals surface area contributed by atoms with Gasteiger partial charge in [-0.2, -0.15) is 13.2 Å².